The Morgan fingerprint density at radius 3 is 1.41 bits per heavy atom. The predicted octanol–water partition coefficient (Wildman–Crippen LogP) is 12.9. The minimum atomic E-state index is -2.88. The third kappa shape index (κ3) is 6.72. The van der Waals surface area contributed by atoms with Crippen molar-refractivity contribution in [1.82, 2.24) is 19.5 Å². The first-order valence-electron chi connectivity index (χ1n) is 23.3. The van der Waals surface area contributed by atoms with E-state index in [0.29, 0.717) is 17.5 Å². The Hall–Kier alpha value is -8.97. The van der Waals surface area contributed by atoms with Gasteiger partial charge in [0.1, 0.15) is 11.2 Å². The first-order valence-corrected chi connectivity index (χ1v) is 25.3. The second kappa shape index (κ2) is 16.7. The topological polar surface area (TPSA) is 56.7 Å². The van der Waals surface area contributed by atoms with Crippen LogP contribution in [0, 0.1) is 0 Å². The Labute approximate surface area is 400 Å². The Morgan fingerprint density at radius 2 is 0.768 bits per heavy atom. The van der Waals surface area contributed by atoms with E-state index in [1.807, 2.05) is 12.1 Å². The van der Waals surface area contributed by atoms with Crippen LogP contribution in [0.4, 0.5) is 0 Å². The zero-order chi connectivity index (χ0) is 45.7. The fraction of sp³-hybridized carbons (Fsp3) is 0. The van der Waals surface area contributed by atoms with E-state index in [4.69, 9.17) is 19.4 Å². The molecular weight excluding hydrogens is 857 g/mol. The quantitative estimate of drug-likeness (QED) is 0.107. The van der Waals surface area contributed by atoms with Gasteiger partial charge < -0.3 is 8.98 Å². The Morgan fingerprint density at radius 1 is 0.319 bits per heavy atom. The number of hydrogen-bond acceptors (Lipinski definition) is 4. The summed E-state index contributed by atoms with van der Waals surface area (Å²) in [7, 11) is -2.88. The summed E-state index contributed by atoms with van der Waals surface area (Å²) in [5.41, 5.74) is 9.61. The van der Waals surface area contributed by atoms with Crippen LogP contribution in [0.1, 0.15) is 0 Å². The molecule has 0 aliphatic rings. The highest BCUT2D eigenvalue weighted by molar-refractivity contribution is 7.19. The Bertz CT molecular complexity index is 3880. The Balaban J connectivity index is 1.05. The molecule has 13 aromatic rings. The van der Waals surface area contributed by atoms with Gasteiger partial charge in [-0.15, -0.1) is 0 Å². The summed E-state index contributed by atoms with van der Waals surface area (Å²) in [6, 6.07) is 90.7. The van der Waals surface area contributed by atoms with Crippen LogP contribution in [0.15, 0.2) is 259 Å². The van der Waals surface area contributed by atoms with Gasteiger partial charge in [0.25, 0.3) is 0 Å². The van der Waals surface area contributed by atoms with Gasteiger partial charge in [-0.2, -0.15) is 0 Å². The molecule has 0 radical (unpaired) electrons. The van der Waals surface area contributed by atoms with Gasteiger partial charge in [0.05, 0.1) is 11.0 Å². The third-order valence-corrected chi connectivity index (χ3v) is 18.4. The summed E-state index contributed by atoms with van der Waals surface area (Å²) < 4.78 is 8.97. The minimum absolute atomic E-state index is 0.573. The molecule has 13 rings (SSSR count). The predicted molar refractivity (Wildman–Crippen MR) is 287 cm³/mol. The zero-order valence-corrected chi connectivity index (χ0v) is 38.4. The molecule has 0 bridgehead atoms. The maximum atomic E-state index is 6.63. The van der Waals surface area contributed by atoms with Crippen molar-refractivity contribution < 1.29 is 4.42 Å². The fourth-order valence-electron chi connectivity index (χ4n) is 10.6. The molecule has 3 aromatic heterocycles. The van der Waals surface area contributed by atoms with Crippen molar-refractivity contribution in [3.8, 4) is 51.0 Å². The molecule has 0 saturated carbocycles. The van der Waals surface area contributed by atoms with E-state index in [1.165, 1.54) is 31.5 Å². The number of nitrogens with zero attached hydrogens (tertiary/aromatic N) is 4. The van der Waals surface area contributed by atoms with Gasteiger partial charge in [0.15, 0.2) is 25.5 Å². The van der Waals surface area contributed by atoms with Crippen molar-refractivity contribution >= 4 is 72.6 Å². The third-order valence-electron chi connectivity index (χ3n) is 13.6. The molecule has 0 amide bonds. The van der Waals surface area contributed by atoms with E-state index in [1.54, 1.807) is 0 Å². The summed E-state index contributed by atoms with van der Waals surface area (Å²) in [6.45, 7) is 0. The molecule has 69 heavy (non-hydrogen) atoms. The number of fused-ring (bicyclic) bond motifs is 6. The largest absolute Gasteiger partial charge is 0.455 e. The molecule has 5 nitrogen and oxygen atoms in total. The molecule has 10 aromatic carbocycles. The summed E-state index contributed by atoms with van der Waals surface area (Å²) in [4.78, 5) is 16.3. The normalized spacial score (nSPS) is 11.8. The molecule has 0 aliphatic carbocycles. The summed E-state index contributed by atoms with van der Waals surface area (Å²) in [6.07, 6.45) is 0. The number of rotatable bonds is 9. The average molecular weight is 899 g/mol. The van der Waals surface area contributed by atoms with E-state index < -0.39 is 8.07 Å². The molecule has 324 valence electrons. The maximum Gasteiger partial charge on any atom is 0.179 e. The van der Waals surface area contributed by atoms with Gasteiger partial charge in [-0.25, -0.2) is 15.0 Å². The molecule has 0 saturated heterocycles. The summed E-state index contributed by atoms with van der Waals surface area (Å²) in [5.74, 6) is 1.74. The molecule has 3 heterocycles. The molecule has 0 atom stereocenters. The van der Waals surface area contributed by atoms with E-state index >= 15 is 0 Å². The summed E-state index contributed by atoms with van der Waals surface area (Å²) >= 11 is 0. The van der Waals surface area contributed by atoms with Gasteiger partial charge in [-0.3, -0.25) is 0 Å². The van der Waals surface area contributed by atoms with Gasteiger partial charge in [0.2, 0.25) is 0 Å². The number of furan rings is 1. The molecule has 0 N–H and O–H groups in total. The number of aromatic nitrogens is 4. The first-order chi connectivity index (χ1) is 34.2. The van der Waals surface area contributed by atoms with Crippen LogP contribution < -0.4 is 20.7 Å². The van der Waals surface area contributed by atoms with Crippen LogP contribution in [0.2, 0.25) is 0 Å². The highest BCUT2D eigenvalue weighted by Gasteiger charge is 2.41. The molecule has 0 spiro atoms. The highest BCUT2D eigenvalue weighted by Crippen LogP contribution is 2.40. The van der Waals surface area contributed by atoms with Gasteiger partial charge in [-0.1, -0.05) is 224 Å². The van der Waals surface area contributed by atoms with Crippen molar-refractivity contribution in [2.45, 2.75) is 0 Å². The molecular formula is C63H42N4OSi. The van der Waals surface area contributed by atoms with Crippen LogP contribution in [-0.2, 0) is 0 Å². The van der Waals surface area contributed by atoms with E-state index in [9.17, 15) is 0 Å². The lowest BCUT2D eigenvalue weighted by Crippen LogP contribution is -2.74. The van der Waals surface area contributed by atoms with Crippen LogP contribution >= 0.6 is 0 Å². The molecule has 0 fully saturated rings. The number of para-hydroxylation sites is 4. The Kier molecular flexibility index (Phi) is 9.77. The first kappa shape index (κ1) is 40.3. The smallest absolute Gasteiger partial charge is 0.179 e. The standard InChI is InChI=1S/C63H42N4OSi/c1-4-24-46(25-5-1)69(47-26-6-2-7-27-47,48-28-8-3-9-29-48)49-30-19-22-44(42-49)62-64-61(43-21-18-23-45(41-43)67-57-38-15-12-32-51(57)52-33-13-16-39-58(52)67)65-63(66-62)56-35-11-10-31-50(56)54-36-20-37-55-53-34-14-17-40-59(53)68-60(54)55/h1-42H. The van der Waals surface area contributed by atoms with Gasteiger partial charge in [-0.05, 0) is 56.6 Å². The molecule has 6 heteroatoms. The maximum absolute atomic E-state index is 6.63. The van der Waals surface area contributed by atoms with Gasteiger partial charge in [0, 0.05) is 49.5 Å². The highest BCUT2D eigenvalue weighted by atomic mass is 28.3. The van der Waals surface area contributed by atoms with Crippen LogP contribution in [0.25, 0.3) is 94.7 Å². The van der Waals surface area contributed by atoms with Crippen LogP contribution in [-0.4, -0.2) is 27.6 Å². The van der Waals surface area contributed by atoms with E-state index in [0.717, 1.165) is 66.5 Å². The zero-order valence-electron chi connectivity index (χ0n) is 37.4. The van der Waals surface area contributed by atoms with Crippen molar-refractivity contribution in [1.29, 1.82) is 0 Å². The monoisotopic (exact) mass is 898 g/mol. The lowest BCUT2D eigenvalue weighted by atomic mass is 9.97. The molecule has 0 unspecified atom stereocenters. The lowest BCUT2D eigenvalue weighted by Gasteiger charge is -2.34. The number of benzene rings is 10. The second-order valence-corrected chi connectivity index (χ2v) is 21.3. The van der Waals surface area contributed by atoms with Crippen molar-refractivity contribution in [2.75, 3.05) is 0 Å². The fourth-order valence-corrected chi connectivity index (χ4v) is 15.4. The summed E-state index contributed by atoms with van der Waals surface area (Å²) in [5, 5.41) is 9.70. The lowest BCUT2D eigenvalue weighted by molar-refractivity contribution is 0.670. The van der Waals surface area contributed by atoms with Crippen molar-refractivity contribution in [3.05, 3.63) is 255 Å². The molecule has 0 aliphatic heterocycles. The van der Waals surface area contributed by atoms with Crippen LogP contribution in [0.3, 0.4) is 0 Å². The van der Waals surface area contributed by atoms with E-state index in [-0.39, 0.29) is 0 Å². The average Bonchev–Trinajstić information content (AvgIpc) is 3.98. The SMILES string of the molecule is c1ccc([Si](c2ccccc2)(c2ccccc2)c2cccc(-c3nc(-c4cccc(-n5c6ccccc6c6ccccc65)c4)nc(-c4ccccc4-c4cccc5c4oc4ccccc45)n3)c2)cc1. The van der Waals surface area contributed by atoms with Crippen molar-refractivity contribution in [2.24, 2.45) is 0 Å². The van der Waals surface area contributed by atoms with E-state index in [2.05, 4.69) is 247 Å². The van der Waals surface area contributed by atoms with Gasteiger partial charge >= 0.3 is 0 Å². The second-order valence-electron chi connectivity index (χ2n) is 17.5. The number of hydrogen-bond donors (Lipinski definition) is 0. The minimum Gasteiger partial charge on any atom is -0.455 e. The van der Waals surface area contributed by atoms with Crippen molar-refractivity contribution in [3.63, 3.8) is 0 Å². The van der Waals surface area contributed by atoms with Crippen LogP contribution in [0.5, 0.6) is 0 Å².